The lowest BCUT2D eigenvalue weighted by molar-refractivity contribution is 0.654. The average Bonchev–Trinajstić information content (AvgIpc) is 3.07. The monoisotopic (exact) mass is 306 g/mol. The Morgan fingerprint density at radius 3 is 3.05 bits per heavy atom. The van der Waals surface area contributed by atoms with Gasteiger partial charge in [0.2, 0.25) is 0 Å². The van der Waals surface area contributed by atoms with Crippen molar-refractivity contribution in [2.24, 2.45) is 0 Å². The summed E-state index contributed by atoms with van der Waals surface area (Å²) in [4.78, 5) is 0. The number of hydrogen-bond acceptors (Lipinski definition) is 4. The third kappa shape index (κ3) is 2.51. The molecule has 0 atom stereocenters. The van der Waals surface area contributed by atoms with Gasteiger partial charge in [0, 0.05) is 18.4 Å². The average molecular weight is 307 g/mol. The van der Waals surface area contributed by atoms with Crippen molar-refractivity contribution < 1.29 is 0 Å². The Morgan fingerprint density at radius 1 is 1.30 bits per heavy atom. The summed E-state index contributed by atoms with van der Waals surface area (Å²) in [5.74, 6) is 0. The van der Waals surface area contributed by atoms with E-state index in [1.807, 2.05) is 12.1 Å². The van der Waals surface area contributed by atoms with Crippen LogP contribution in [0.1, 0.15) is 19.0 Å². The van der Waals surface area contributed by atoms with E-state index in [0.29, 0.717) is 5.02 Å². The normalized spacial score (nSPS) is 11.1. The molecule has 6 heteroatoms. The van der Waals surface area contributed by atoms with Gasteiger partial charge < -0.3 is 9.88 Å². The molecule has 0 unspecified atom stereocenters. The molecule has 3 aromatic rings. The maximum atomic E-state index is 6.27. The van der Waals surface area contributed by atoms with Crippen LogP contribution in [0.15, 0.2) is 30.5 Å². The van der Waals surface area contributed by atoms with Crippen LogP contribution in [0.4, 0.5) is 5.69 Å². The molecule has 4 nitrogen and oxygen atoms in total. The molecule has 0 saturated carbocycles. The van der Waals surface area contributed by atoms with Crippen molar-refractivity contribution in [3.63, 3.8) is 0 Å². The van der Waals surface area contributed by atoms with Gasteiger partial charge in [-0.15, -0.1) is 0 Å². The Labute approximate surface area is 126 Å². The molecule has 20 heavy (non-hydrogen) atoms. The Morgan fingerprint density at radius 2 is 2.20 bits per heavy atom. The lowest BCUT2D eigenvalue weighted by Gasteiger charge is -2.11. The summed E-state index contributed by atoms with van der Waals surface area (Å²) in [6.45, 7) is 3.93. The molecule has 0 radical (unpaired) electrons. The third-order valence-electron chi connectivity index (χ3n) is 3.21. The molecule has 0 aliphatic rings. The van der Waals surface area contributed by atoms with Crippen LogP contribution < -0.4 is 5.32 Å². The second-order valence-corrected chi connectivity index (χ2v) is 5.54. The fraction of sp³-hybridized carbons (Fsp3) is 0.286. The number of fused-ring (bicyclic) bond motifs is 1. The first kappa shape index (κ1) is 13.4. The predicted molar refractivity (Wildman–Crippen MR) is 84.5 cm³/mol. The third-order valence-corrected chi connectivity index (χ3v) is 4.07. The molecule has 3 rings (SSSR count). The minimum absolute atomic E-state index is 0.679. The van der Waals surface area contributed by atoms with Crippen LogP contribution in [0.2, 0.25) is 5.02 Å². The van der Waals surface area contributed by atoms with Crippen molar-refractivity contribution in [3.8, 4) is 0 Å². The quantitative estimate of drug-likeness (QED) is 0.769. The summed E-state index contributed by atoms with van der Waals surface area (Å²) in [6.07, 6.45) is 3.22. The minimum Gasteiger partial charge on any atom is -0.376 e. The molecule has 0 fully saturated rings. The van der Waals surface area contributed by atoms with E-state index in [1.165, 1.54) is 17.4 Å². The number of halogens is 1. The summed E-state index contributed by atoms with van der Waals surface area (Å²) < 4.78 is 10.8. The van der Waals surface area contributed by atoms with E-state index in [-0.39, 0.29) is 0 Å². The van der Waals surface area contributed by atoms with E-state index in [0.717, 1.165) is 36.2 Å². The number of nitrogens with one attached hydrogen (secondary N) is 1. The standard InChI is InChI=1S/C14H15ClN4S/c1-2-7-19-8-3-4-10(19)9-16-13-11(15)5-6-12-14(13)18-20-17-12/h3-6,8,16H,2,7,9H2,1H3. The highest BCUT2D eigenvalue weighted by Gasteiger charge is 2.10. The van der Waals surface area contributed by atoms with Gasteiger partial charge >= 0.3 is 0 Å². The maximum Gasteiger partial charge on any atom is 0.129 e. The number of benzene rings is 1. The summed E-state index contributed by atoms with van der Waals surface area (Å²) in [5.41, 5.74) is 3.83. The molecular weight excluding hydrogens is 292 g/mol. The lowest BCUT2D eigenvalue weighted by atomic mass is 10.2. The van der Waals surface area contributed by atoms with E-state index >= 15 is 0 Å². The Hall–Kier alpha value is -1.59. The lowest BCUT2D eigenvalue weighted by Crippen LogP contribution is -2.07. The molecule has 0 amide bonds. The van der Waals surface area contributed by atoms with Crippen LogP contribution >= 0.6 is 23.3 Å². The smallest absolute Gasteiger partial charge is 0.129 e. The molecule has 1 aromatic carbocycles. The van der Waals surface area contributed by atoms with E-state index in [1.54, 1.807) is 0 Å². The summed E-state index contributed by atoms with van der Waals surface area (Å²) >= 11 is 7.48. The number of aromatic nitrogens is 3. The van der Waals surface area contributed by atoms with Crippen molar-refractivity contribution in [1.82, 2.24) is 13.3 Å². The van der Waals surface area contributed by atoms with Crippen molar-refractivity contribution in [1.29, 1.82) is 0 Å². The minimum atomic E-state index is 0.679. The van der Waals surface area contributed by atoms with Gasteiger partial charge in [0.15, 0.2) is 0 Å². The Kier molecular flexibility index (Phi) is 3.89. The van der Waals surface area contributed by atoms with Crippen molar-refractivity contribution in [2.75, 3.05) is 5.32 Å². The molecule has 2 aromatic heterocycles. The van der Waals surface area contributed by atoms with Gasteiger partial charge in [-0.2, -0.15) is 8.75 Å². The topological polar surface area (TPSA) is 42.7 Å². The SMILES string of the molecule is CCCn1cccc1CNc1c(Cl)ccc2nsnc12. The Balaban J connectivity index is 1.84. The first-order chi connectivity index (χ1) is 9.79. The van der Waals surface area contributed by atoms with Gasteiger partial charge in [0.05, 0.1) is 29.0 Å². The van der Waals surface area contributed by atoms with Gasteiger partial charge in [0.1, 0.15) is 11.0 Å². The highest BCUT2D eigenvalue weighted by atomic mass is 35.5. The van der Waals surface area contributed by atoms with Gasteiger partial charge in [-0.25, -0.2) is 0 Å². The second kappa shape index (κ2) is 5.81. The molecule has 0 saturated heterocycles. The van der Waals surface area contributed by atoms with Crippen LogP contribution in [-0.2, 0) is 13.1 Å². The van der Waals surface area contributed by atoms with Crippen LogP contribution in [0.25, 0.3) is 11.0 Å². The molecule has 0 aliphatic carbocycles. The zero-order valence-corrected chi connectivity index (χ0v) is 12.7. The first-order valence-corrected chi connectivity index (χ1v) is 7.69. The van der Waals surface area contributed by atoms with Crippen LogP contribution in [0, 0.1) is 0 Å². The fourth-order valence-electron chi connectivity index (χ4n) is 2.24. The number of aryl methyl sites for hydroxylation is 1. The van der Waals surface area contributed by atoms with E-state index < -0.39 is 0 Å². The fourth-order valence-corrected chi connectivity index (χ4v) is 3.00. The van der Waals surface area contributed by atoms with Gasteiger partial charge in [-0.3, -0.25) is 0 Å². The molecule has 104 valence electrons. The summed E-state index contributed by atoms with van der Waals surface area (Å²) in [5, 5.41) is 4.07. The largest absolute Gasteiger partial charge is 0.376 e. The zero-order chi connectivity index (χ0) is 13.9. The highest BCUT2D eigenvalue weighted by Crippen LogP contribution is 2.30. The highest BCUT2D eigenvalue weighted by molar-refractivity contribution is 7.00. The van der Waals surface area contributed by atoms with Gasteiger partial charge in [-0.1, -0.05) is 18.5 Å². The number of nitrogens with zero attached hydrogens (tertiary/aromatic N) is 3. The maximum absolute atomic E-state index is 6.27. The summed E-state index contributed by atoms with van der Waals surface area (Å²) in [6, 6.07) is 7.94. The molecule has 1 N–H and O–H groups in total. The molecule has 0 aliphatic heterocycles. The van der Waals surface area contributed by atoms with Crippen LogP contribution in [-0.4, -0.2) is 13.3 Å². The van der Waals surface area contributed by atoms with Gasteiger partial charge in [-0.05, 0) is 30.7 Å². The molecular formula is C14H15ClN4S. The van der Waals surface area contributed by atoms with Crippen LogP contribution in [0.5, 0.6) is 0 Å². The number of hydrogen-bond donors (Lipinski definition) is 1. The van der Waals surface area contributed by atoms with E-state index in [9.17, 15) is 0 Å². The summed E-state index contributed by atoms with van der Waals surface area (Å²) in [7, 11) is 0. The van der Waals surface area contributed by atoms with Crippen LogP contribution in [0.3, 0.4) is 0 Å². The molecule has 0 bridgehead atoms. The van der Waals surface area contributed by atoms with Gasteiger partial charge in [0.25, 0.3) is 0 Å². The predicted octanol–water partition coefficient (Wildman–Crippen LogP) is 4.17. The second-order valence-electron chi connectivity index (χ2n) is 4.60. The Bertz CT molecular complexity index is 719. The van der Waals surface area contributed by atoms with Crippen molar-refractivity contribution >= 4 is 40.0 Å². The molecule has 0 spiro atoms. The van der Waals surface area contributed by atoms with E-state index in [2.05, 4.69) is 43.9 Å². The number of rotatable bonds is 5. The van der Waals surface area contributed by atoms with Crippen molar-refractivity contribution in [2.45, 2.75) is 26.4 Å². The first-order valence-electron chi connectivity index (χ1n) is 6.58. The molecule has 2 heterocycles. The van der Waals surface area contributed by atoms with E-state index in [4.69, 9.17) is 11.6 Å². The van der Waals surface area contributed by atoms with Crippen molar-refractivity contribution in [3.05, 3.63) is 41.2 Å². The number of anilines is 1. The zero-order valence-electron chi connectivity index (χ0n) is 11.1.